The lowest BCUT2D eigenvalue weighted by atomic mass is 10.2. The second kappa shape index (κ2) is 5.00. The topological polar surface area (TPSA) is 75.9 Å². The zero-order valence-electron chi connectivity index (χ0n) is 9.72. The van der Waals surface area contributed by atoms with Crippen molar-refractivity contribution in [2.75, 3.05) is 10.7 Å². The van der Waals surface area contributed by atoms with Gasteiger partial charge in [0.1, 0.15) is 5.02 Å². The zero-order chi connectivity index (χ0) is 13.2. The van der Waals surface area contributed by atoms with Crippen LogP contribution >= 0.6 is 22.9 Å². The number of benzene rings is 1. The minimum Gasteiger partial charge on any atom is -0.339 e. The Kier molecular flexibility index (Phi) is 3.20. The normalized spacial score (nSPS) is 10.6. The van der Waals surface area contributed by atoms with E-state index in [1.54, 1.807) is 11.3 Å². The number of thiophene rings is 1. The Morgan fingerprint density at radius 2 is 2.16 bits per heavy atom. The van der Waals surface area contributed by atoms with Crippen molar-refractivity contribution in [1.29, 1.82) is 0 Å². The summed E-state index contributed by atoms with van der Waals surface area (Å²) in [6, 6.07) is 8.14. The molecule has 0 fully saturated rings. The summed E-state index contributed by atoms with van der Waals surface area (Å²) in [7, 11) is 0. The standard InChI is InChI=1S/C12H10ClN5S/c13-9-6-15-12(18-14)17-11(9)16-8-1-2-10-7(5-8)3-4-19-10/h1-6H,14H2,(H2,15,16,17,18). The third-order valence-electron chi connectivity index (χ3n) is 2.59. The van der Waals surface area contributed by atoms with Gasteiger partial charge in [0, 0.05) is 10.4 Å². The Labute approximate surface area is 118 Å². The SMILES string of the molecule is NNc1ncc(Cl)c(Nc2ccc3sccc3c2)n1. The predicted molar refractivity (Wildman–Crippen MR) is 80.0 cm³/mol. The monoisotopic (exact) mass is 291 g/mol. The largest absolute Gasteiger partial charge is 0.339 e. The molecule has 3 aromatic rings. The number of aromatic nitrogens is 2. The van der Waals surface area contributed by atoms with Crippen LogP contribution in [0.15, 0.2) is 35.8 Å². The van der Waals surface area contributed by atoms with Crippen molar-refractivity contribution >= 4 is 50.5 Å². The summed E-state index contributed by atoms with van der Waals surface area (Å²) < 4.78 is 1.24. The van der Waals surface area contributed by atoms with Crippen molar-refractivity contribution in [3.63, 3.8) is 0 Å². The van der Waals surface area contributed by atoms with E-state index in [4.69, 9.17) is 17.4 Å². The van der Waals surface area contributed by atoms with Crippen LogP contribution in [0.5, 0.6) is 0 Å². The summed E-state index contributed by atoms with van der Waals surface area (Å²) in [5.41, 5.74) is 3.30. The van der Waals surface area contributed by atoms with E-state index in [0.717, 1.165) is 5.69 Å². The summed E-state index contributed by atoms with van der Waals surface area (Å²) in [4.78, 5) is 8.09. The molecule has 0 saturated carbocycles. The minimum atomic E-state index is 0.309. The summed E-state index contributed by atoms with van der Waals surface area (Å²) in [5.74, 6) is 6.10. The maximum atomic E-state index is 6.05. The van der Waals surface area contributed by atoms with Gasteiger partial charge in [0.15, 0.2) is 5.82 Å². The molecular weight excluding hydrogens is 282 g/mol. The molecule has 0 spiro atoms. The number of hydrazine groups is 1. The summed E-state index contributed by atoms with van der Waals surface area (Å²) in [5, 5.41) is 6.83. The van der Waals surface area contributed by atoms with Gasteiger partial charge in [0.25, 0.3) is 0 Å². The number of nitrogens with two attached hydrogens (primary N) is 1. The molecule has 0 aliphatic carbocycles. The molecule has 0 amide bonds. The quantitative estimate of drug-likeness (QED) is 0.509. The second-order valence-corrected chi connectivity index (χ2v) is 5.19. The van der Waals surface area contributed by atoms with Crippen LogP contribution in [0.2, 0.25) is 5.02 Å². The van der Waals surface area contributed by atoms with Crippen molar-refractivity contribution < 1.29 is 0 Å². The predicted octanol–water partition coefficient (Wildman–Crippen LogP) is 3.37. The highest BCUT2D eigenvalue weighted by atomic mass is 35.5. The molecule has 0 aliphatic rings. The lowest BCUT2D eigenvalue weighted by molar-refractivity contribution is 1.12. The van der Waals surface area contributed by atoms with Crippen molar-refractivity contribution in [2.24, 2.45) is 5.84 Å². The average molecular weight is 292 g/mol. The van der Waals surface area contributed by atoms with Gasteiger partial charge in [0.2, 0.25) is 5.95 Å². The highest BCUT2D eigenvalue weighted by Crippen LogP contribution is 2.28. The van der Waals surface area contributed by atoms with Crippen LogP contribution < -0.4 is 16.6 Å². The van der Waals surface area contributed by atoms with Gasteiger partial charge < -0.3 is 5.32 Å². The molecule has 3 rings (SSSR count). The Hall–Kier alpha value is -1.89. The molecule has 0 aliphatic heterocycles. The maximum Gasteiger partial charge on any atom is 0.239 e. The number of halogens is 1. The molecule has 0 saturated heterocycles. The Morgan fingerprint density at radius 1 is 1.26 bits per heavy atom. The van der Waals surface area contributed by atoms with Crippen LogP contribution in [0.1, 0.15) is 0 Å². The molecule has 0 atom stereocenters. The zero-order valence-corrected chi connectivity index (χ0v) is 11.3. The molecular formula is C12H10ClN5S. The van der Waals surface area contributed by atoms with Crippen LogP contribution in [0.25, 0.3) is 10.1 Å². The first-order valence-corrected chi connectivity index (χ1v) is 6.75. The van der Waals surface area contributed by atoms with Crippen LogP contribution in [0.3, 0.4) is 0 Å². The van der Waals surface area contributed by atoms with Crippen molar-refractivity contribution in [3.8, 4) is 0 Å². The van der Waals surface area contributed by atoms with E-state index in [1.807, 2.05) is 12.1 Å². The number of nitrogens with zero attached hydrogens (tertiary/aromatic N) is 2. The van der Waals surface area contributed by atoms with E-state index < -0.39 is 0 Å². The van der Waals surface area contributed by atoms with E-state index in [2.05, 4.69) is 38.2 Å². The lowest BCUT2D eigenvalue weighted by Crippen LogP contribution is -2.11. The fourth-order valence-corrected chi connectivity index (χ4v) is 2.61. The number of nitrogens with one attached hydrogen (secondary N) is 2. The molecule has 96 valence electrons. The fourth-order valence-electron chi connectivity index (χ4n) is 1.71. The van der Waals surface area contributed by atoms with Crippen molar-refractivity contribution in [3.05, 3.63) is 40.9 Å². The van der Waals surface area contributed by atoms with Crippen LogP contribution in [-0.4, -0.2) is 9.97 Å². The number of rotatable bonds is 3. The number of hydrogen-bond donors (Lipinski definition) is 3. The van der Waals surface area contributed by atoms with E-state index in [-0.39, 0.29) is 0 Å². The molecule has 7 heteroatoms. The maximum absolute atomic E-state index is 6.05. The summed E-state index contributed by atoms with van der Waals surface area (Å²) in [6.45, 7) is 0. The molecule has 2 aromatic heterocycles. The van der Waals surface area contributed by atoms with Gasteiger partial charge in [-0.3, -0.25) is 5.43 Å². The Balaban J connectivity index is 1.95. The van der Waals surface area contributed by atoms with Crippen LogP contribution in [0, 0.1) is 0 Å². The number of fused-ring (bicyclic) bond motifs is 1. The highest BCUT2D eigenvalue weighted by molar-refractivity contribution is 7.17. The number of hydrogen-bond acceptors (Lipinski definition) is 6. The summed E-state index contributed by atoms with van der Waals surface area (Å²) in [6.07, 6.45) is 1.50. The van der Waals surface area contributed by atoms with E-state index in [0.29, 0.717) is 16.8 Å². The third kappa shape index (κ3) is 2.46. The highest BCUT2D eigenvalue weighted by Gasteiger charge is 2.06. The van der Waals surface area contributed by atoms with Gasteiger partial charge in [-0.2, -0.15) is 4.98 Å². The van der Waals surface area contributed by atoms with Crippen LogP contribution in [0.4, 0.5) is 17.5 Å². The second-order valence-electron chi connectivity index (χ2n) is 3.83. The smallest absolute Gasteiger partial charge is 0.239 e. The van der Waals surface area contributed by atoms with Gasteiger partial charge in [-0.1, -0.05) is 11.6 Å². The minimum absolute atomic E-state index is 0.309. The molecule has 0 bridgehead atoms. The third-order valence-corrected chi connectivity index (χ3v) is 3.76. The number of anilines is 3. The van der Waals surface area contributed by atoms with Crippen LogP contribution in [-0.2, 0) is 0 Å². The van der Waals surface area contributed by atoms with Crippen molar-refractivity contribution in [2.45, 2.75) is 0 Å². The van der Waals surface area contributed by atoms with E-state index in [9.17, 15) is 0 Å². The fraction of sp³-hybridized carbons (Fsp3) is 0. The van der Waals surface area contributed by atoms with Crippen molar-refractivity contribution in [1.82, 2.24) is 9.97 Å². The Bertz CT molecular complexity index is 727. The molecule has 0 unspecified atom stereocenters. The lowest BCUT2D eigenvalue weighted by Gasteiger charge is -2.08. The van der Waals surface area contributed by atoms with Gasteiger partial charge in [-0.15, -0.1) is 11.3 Å². The summed E-state index contributed by atoms with van der Waals surface area (Å²) >= 11 is 7.75. The van der Waals surface area contributed by atoms with Gasteiger partial charge in [0.05, 0.1) is 6.20 Å². The first kappa shape index (κ1) is 12.2. The van der Waals surface area contributed by atoms with Gasteiger partial charge in [-0.05, 0) is 35.0 Å². The molecule has 2 heterocycles. The first-order chi connectivity index (χ1) is 9.26. The average Bonchev–Trinajstić information content (AvgIpc) is 2.89. The van der Waals surface area contributed by atoms with E-state index in [1.165, 1.54) is 16.3 Å². The molecule has 1 aromatic carbocycles. The number of nitrogen functional groups attached to an aromatic ring is 1. The first-order valence-electron chi connectivity index (χ1n) is 5.50. The molecule has 0 radical (unpaired) electrons. The molecule has 19 heavy (non-hydrogen) atoms. The Morgan fingerprint density at radius 3 is 3.00 bits per heavy atom. The van der Waals surface area contributed by atoms with Gasteiger partial charge in [-0.25, -0.2) is 10.8 Å². The van der Waals surface area contributed by atoms with E-state index >= 15 is 0 Å². The van der Waals surface area contributed by atoms with Gasteiger partial charge >= 0.3 is 0 Å². The molecule has 4 N–H and O–H groups in total. The molecule has 5 nitrogen and oxygen atoms in total.